The number of nitrogens with one attached hydrogen (secondary N) is 1. The van der Waals surface area contributed by atoms with Gasteiger partial charge in [0.05, 0.1) is 16.8 Å². The van der Waals surface area contributed by atoms with Crippen molar-refractivity contribution in [2.75, 3.05) is 25.6 Å². The van der Waals surface area contributed by atoms with Crippen LogP contribution in [0.2, 0.25) is 0 Å². The molecular formula is C19H19N5O4S. The molecule has 150 valence electrons. The molecule has 1 N–H and O–H groups in total. The quantitative estimate of drug-likeness (QED) is 0.491. The van der Waals surface area contributed by atoms with Crippen LogP contribution in [0.25, 0.3) is 4.96 Å². The Kier molecular flexibility index (Phi) is 4.89. The molecule has 29 heavy (non-hydrogen) atoms. The fourth-order valence-corrected chi connectivity index (χ4v) is 4.08. The predicted octanol–water partition coefficient (Wildman–Crippen LogP) is 2.29. The van der Waals surface area contributed by atoms with E-state index in [1.165, 1.54) is 34.4 Å². The van der Waals surface area contributed by atoms with Gasteiger partial charge in [-0.15, -0.1) is 5.10 Å². The third kappa shape index (κ3) is 3.30. The summed E-state index contributed by atoms with van der Waals surface area (Å²) in [5, 5.41) is 6.94. The minimum atomic E-state index is -0.446. The standard InChI is InChI=1S/C19H19N5O4S/c1-10-11(2)29-19-21-18(22-24(10)19)20-15(25)12-5-6-13-14(9-12)17(27)23(16(13)26)7-4-8-28-3/h5-6,9H,4,7-8H2,1-3H3,(H,20,22,25). The van der Waals surface area contributed by atoms with Crippen molar-refractivity contribution in [2.45, 2.75) is 20.3 Å². The summed E-state index contributed by atoms with van der Waals surface area (Å²) in [6.07, 6.45) is 0.553. The summed E-state index contributed by atoms with van der Waals surface area (Å²) in [7, 11) is 1.56. The summed E-state index contributed by atoms with van der Waals surface area (Å²) in [6.45, 7) is 4.64. The summed E-state index contributed by atoms with van der Waals surface area (Å²) in [5.74, 6) is -1.01. The zero-order valence-corrected chi connectivity index (χ0v) is 17.0. The molecule has 0 spiro atoms. The number of methoxy groups -OCH3 is 1. The lowest BCUT2D eigenvalue weighted by Crippen LogP contribution is -2.31. The average molecular weight is 413 g/mol. The molecule has 0 bridgehead atoms. The third-order valence-corrected chi connectivity index (χ3v) is 5.89. The number of thiazole rings is 1. The van der Waals surface area contributed by atoms with Crippen LogP contribution in [0.15, 0.2) is 18.2 Å². The van der Waals surface area contributed by atoms with E-state index in [-0.39, 0.29) is 29.5 Å². The van der Waals surface area contributed by atoms with Gasteiger partial charge < -0.3 is 4.74 Å². The van der Waals surface area contributed by atoms with E-state index in [0.29, 0.717) is 23.6 Å². The molecule has 0 unspecified atom stereocenters. The van der Waals surface area contributed by atoms with Crippen molar-refractivity contribution in [2.24, 2.45) is 0 Å². The second-order valence-corrected chi connectivity index (χ2v) is 7.88. The molecule has 3 heterocycles. The van der Waals surface area contributed by atoms with Crippen LogP contribution in [-0.4, -0.2) is 57.5 Å². The average Bonchev–Trinajstić information content (AvgIpc) is 3.29. The molecule has 2 aromatic heterocycles. The number of aryl methyl sites for hydroxylation is 2. The molecule has 10 heteroatoms. The van der Waals surface area contributed by atoms with Crippen molar-refractivity contribution < 1.29 is 19.1 Å². The van der Waals surface area contributed by atoms with E-state index >= 15 is 0 Å². The van der Waals surface area contributed by atoms with Gasteiger partial charge in [0.1, 0.15) is 0 Å². The highest BCUT2D eigenvalue weighted by Gasteiger charge is 2.35. The molecule has 1 aliphatic heterocycles. The lowest BCUT2D eigenvalue weighted by atomic mass is 10.1. The summed E-state index contributed by atoms with van der Waals surface area (Å²) in [6, 6.07) is 4.47. The number of hydrogen-bond donors (Lipinski definition) is 1. The maximum Gasteiger partial charge on any atom is 0.261 e. The number of carbonyl (C=O) groups is 3. The number of ether oxygens (including phenoxy) is 1. The molecule has 3 aromatic rings. The summed E-state index contributed by atoms with van der Waals surface area (Å²) < 4.78 is 6.65. The zero-order valence-electron chi connectivity index (χ0n) is 16.2. The van der Waals surface area contributed by atoms with E-state index < -0.39 is 11.8 Å². The van der Waals surface area contributed by atoms with Crippen molar-refractivity contribution in [3.63, 3.8) is 0 Å². The van der Waals surface area contributed by atoms with Crippen LogP contribution in [0.3, 0.4) is 0 Å². The SMILES string of the molecule is COCCCN1C(=O)c2ccc(C(=O)Nc3nc4sc(C)c(C)n4n3)cc2C1=O. The molecule has 0 aliphatic carbocycles. The number of fused-ring (bicyclic) bond motifs is 2. The van der Waals surface area contributed by atoms with E-state index in [1.807, 2.05) is 13.8 Å². The lowest BCUT2D eigenvalue weighted by molar-refractivity contribution is 0.0638. The number of imide groups is 1. The van der Waals surface area contributed by atoms with Crippen molar-refractivity contribution in [1.29, 1.82) is 0 Å². The Morgan fingerprint density at radius 3 is 2.69 bits per heavy atom. The van der Waals surface area contributed by atoms with Gasteiger partial charge in [0.15, 0.2) is 0 Å². The number of benzene rings is 1. The summed E-state index contributed by atoms with van der Waals surface area (Å²) in [5.41, 5.74) is 1.75. The van der Waals surface area contributed by atoms with Gasteiger partial charge in [0.25, 0.3) is 23.7 Å². The maximum absolute atomic E-state index is 12.6. The first kappa shape index (κ1) is 19.2. The smallest absolute Gasteiger partial charge is 0.261 e. The van der Waals surface area contributed by atoms with Gasteiger partial charge >= 0.3 is 0 Å². The molecule has 1 aliphatic rings. The topological polar surface area (TPSA) is 106 Å². The number of hydrogen-bond acceptors (Lipinski definition) is 7. The van der Waals surface area contributed by atoms with Gasteiger partial charge in [-0.05, 0) is 38.5 Å². The Bertz CT molecular complexity index is 1150. The number of anilines is 1. The van der Waals surface area contributed by atoms with E-state index in [2.05, 4.69) is 15.4 Å². The number of carbonyl (C=O) groups excluding carboxylic acids is 3. The van der Waals surface area contributed by atoms with Gasteiger partial charge in [0.2, 0.25) is 4.96 Å². The number of rotatable bonds is 6. The van der Waals surface area contributed by atoms with Crippen molar-refractivity contribution in [3.8, 4) is 0 Å². The predicted molar refractivity (Wildman–Crippen MR) is 107 cm³/mol. The molecule has 0 fully saturated rings. The summed E-state index contributed by atoms with van der Waals surface area (Å²) >= 11 is 1.49. The fraction of sp³-hybridized carbons (Fsp3) is 0.316. The van der Waals surface area contributed by atoms with Crippen LogP contribution >= 0.6 is 11.3 Å². The number of amides is 3. The Hall–Kier alpha value is -3.11. The van der Waals surface area contributed by atoms with E-state index in [1.54, 1.807) is 11.6 Å². The van der Waals surface area contributed by atoms with Crippen LogP contribution in [0.4, 0.5) is 5.95 Å². The molecular weight excluding hydrogens is 394 g/mol. The highest BCUT2D eigenvalue weighted by molar-refractivity contribution is 7.17. The Morgan fingerprint density at radius 2 is 1.97 bits per heavy atom. The largest absolute Gasteiger partial charge is 0.385 e. The fourth-order valence-electron chi connectivity index (χ4n) is 3.17. The van der Waals surface area contributed by atoms with Gasteiger partial charge in [-0.1, -0.05) is 11.3 Å². The van der Waals surface area contributed by atoms with Crippen LogP contribution in [-0.2, 0) is 4.74 Å². The minimum absolute atomic E-state index is 0.188. The first-order valence-corrected chi connectivity index (χ1v) is 9.85. The van der Waals surface area contributed by atoms with Crippen LogP contribution in [0, 0.1) is 13.8 Å². The van der Waals surface area contributed by atoms with Crippen LogP contribution in [0.1, 0.15) is 48.1 Å². The number of aromatic nitrogens is 3. The second-order valence-electron chi connectivity index (χ2n) is 6.70. The molecule has 0 atom stereocenters. The zero-order chi connectivity index (χ0) is 20.7. The lowest BCUT2D eigenvalue weighted by Gasteiger charge is -2.12. The Labute approximate surface area is 170 Å². The molecule has 0 saturated carbocycles. The Balaban J connectivity index is 1.53. The highest BCUT2D eigenvalue weighted by Crippen LogP contribution is 2.25. The van der Waals surface area contributed by atoms with E-state index in [0.717, 1.165) is 10.6 Å². The van der Waals surface area contributed by atoms with Crippen molar-refractivity contribution in [3.05, 3.63) is 45.5 Å². The molecule has 0 radical (unpaired) electrons. The van der Waals surface area contributed by atoms with Crippen LogP contribution < -0.4 is 5.32 Å². The highest BCUT2D eigenvalue weighted by atomic mass is 32.1. The summed E-state index contributed by atoms with van der Waals surface area (Å²) in [4.78, 5) is 44.9. The van der Waals surface area contributed by atoms with E-state index in [4.69, 9.17) is 4.74 Å². The Morgan fingerprint density at radius 1 is 1.21 bits per heavy atom. The first-order chi connectivity index (χ1) is 13.9. The molecule has 9 nitrogen and oxygen atoms in total. The normalized spacial score (nSPS) is 13.4. The van der Waals surface area contributed by atoms with Crippen molar-refractivity contribution >= 4 is 40.0 Å². The van der Waals surface area contributed by atoms with Crippen molar-refractivity contribution in [1.82, 2.24) is 19.5 Å². The van der Waals surface area contributed by atoms with Crippen LogP contribution in [0.5, 0.6) is 0 Å². The third-order valence-electron chi connectivity index (χ3n) is 4.84. The molecule has 1 aromatic carbocycles. The van der Waals surface area contributed by atoms with Gasteiger partial charge in [0, 0.05) is 30.7 Å². The van der Waals surface area contributed by atoms with Gasteiger partial charge in [-0.2, -0.15) is 4.98 Å². The second kappa shape index (κ2) is 7.37. The maximum atomic E-state index is 12.6. The van der Waals surface area contributed by atoms with Gasteiger partial charge in [-0.3, -0.25) is 24.6 Å². The minimum Gasteiger partial charge on any atom is -0.385 e. The monoisotopic (exact) mass is 413 g/mol. The first-order valence-electron chi connectivity index (χ1n) is 9.04. The molecule has 0 saturated heterocycles. The molecule has 4 rings (SSSR count). The number of nitrogens with zero attached hydrogens (tertiary/aromatic N) is 4. The molecule has 3 amide bonds. The van der Waals surface area contributed by atoms with E-state index in [9.17, 15) is 14.4 Å². The van der Waals surface area contributed by atoms with Gasteiger partial charge in [-0.25, -0.2) is 4.52 Å².